The lowest BCUT2D eigenvalue weighted by Crippen LogP contribution is -2.53. The van der Waals surface area contributed by atoms with Gasteiger partial charge in [0, 0.05) is 64.6 Å². The van der Waals surface area contributed by atoms with Gasteiger partial charge in [0.25, 0.3) is 0 Å². The van der Waals surface area contributed by atoms with Crippen LogP contribution < -0.4 is 10.2 Å². The number of aromatic nitrogens is 4. The Labute approximate surface area is 135 Å². The van der Waals surface area contributed by atoms with Crippen molar-refractivity contribution < 1.29 is 0 Å². The van der Waals surface area contributed by atoms with Gasteiger partial charge in [-0.3, -0.25) is 9.67 Å². The van der Waals surface area contributed by atoms with E-state index in [1.54, 1.807) is 18.6 Å². The molecule has 122 valence electrons. The summed E-state index contributed by atoms with van der Waals surface area (Å²) in [6, 6.07) is 3.77. The molecule has 23 heavy (non-hydrogen) atoms. The molecule has 1 saturated heterocycles. The van der Waals surface area contributed by atoms with Gasteiger partial charge in [0.05, 0.1) is 6.54 Å². The topological polar surface area (TPSA) is 74.5 Å². The fraction of sp³-hybridized carbons (Fsp3) is 0.467. The van der Waals surface area contributed by atoms with E-state index in [0.29, 0.717) is 0 Å². The van der Waals surface area contributed by atoms with E-state index in [2.05, 4.69) is 35.2 Å². The van der Waals surface area contributed by atoms with Crippen LogP contribution in [0.5, 0.6) is 0 Å². The van der Waals surface area contributed by atoms with Crippen LogP contribution >= 0.6 is 0 Å². The maximum atomic E-state index is 4.38. The van der Waals surface area contributed by atoms with E-state index >= 15 is 0 Å². The highest BCUT2D eigenvalue weighted by molar-refractivity contribution is 5.80. The lowest BCUT2D eigenvalue weighted by molar-refractivity contribution is 0.369. The lowest BCUT2D eigenvalue weighted by Gasteiger charge is -2.36. The van der Waals surface area contributed by atoms with Gasteiger partial charge in [-0.25, -0.2) is 9.97 Å². The second-order valence-electron chi connectivity index (χ2n) is 5.27. The minimum Gasteiger partial charge on any atom is -0.354 e. The van der Waals surface area contributed by atoms with Crippen LogP contribution in [0.25, 0.3) is 0 Å². The third kappa shape index (κ3) is 3.97. The van der Waals surface area contributed by atoms with Crippen LogP contribution in [0.1, 0.15) is 0 Å². The fourth-order valence-corrected chi connectivity index (χ4v) is 2.62. The molecule has 0 unspecified atom stereocenters. The number of aliphatic imine (C=N–C) groups is 1. The Morgan fingerprint density at radius 3 is 2.57 bits per heavy atom. The summed E-state index contributed by atoms with van der Waals surface area (Å²) in [7, 11) is 1.82. The number of rotatable bonds is 4. The molecule has 0 saturated carbocycles. The highest BCUT2D eigenvalue weighted by atomic mass is 15.4. The molecule has 0 atom stereocenters. The minimum atomic E-state index is 0.800. The van der Waals surface area contributed by atoms with Crippen LogP contribution in [0.15, 0.2) is 41.9 Å². The summed E-state index contributed by atoms with van der Waals surface area (Å²) in [5, 5.41) is 7.59. The molecule has 1 N–H and O–H groups in total. The molecule has 1 fully saturated rings. The first kappa shape index (κ1) is 15.3. The van der Waals surface area contributed by atoms with Crippen molar-refractivity contribution in [1.29, 1.82) is 0 Å². The highest BCUT2D eigenvalue weighted by Crippen LogP contribution is 2.09. The molecule has 3 rings (SSSR count). The fourth-order valence-electron chi connectivity index (χ4n) is 2.62. The molecular formula is C15H22N8. The van der Waals surface area contributed by atoms with Crippen LogP contribution in [0.4, 0.5) is 5.95 Å². The molecule has 3 heterocycles. The van der Waals surface area contributed by atoms with Gasteiger partial charge >= 0.3 is 0 Å². The van der Waals surface area contributed by atoms with E-state index in [1.807, 2.05) is 30.1 Å². The normalized spacial score (nSPS) is 15.8. The lowest BCUT2D eigenvalue weighted by atomic mass is 10.3. The number of nitrogens with one attached hydrogen (secondary N) is 1. The van der Waals surface area contributed by atoms with E-state index < -0.39 is 0 Å². The molecule has 0 spiro atoms. The van der Waals surface area contributed by atoms with E-state index in [4.69, 9.17) is 0 Å². The standard InChI is InChI=1S/C15H22N8/c1-16-14(19-7-9-23-8-3-6-20-23)21-10-12-22(13-11-21)15-17-4-2-5-18-15/h2-6,8H,7,9-13H2,1H3,(H,16,19). The van der Waals surface area contributed by atoms with Crippen LogP contribution in [0, 0.1) is 0 Å². The van der Waals surface area contributed by atoms with Crippen molar-refractivity contribution in [2.45, 2.75) is 6.54 Å². The van der Waals surface area contributed by atoms with Crippen LogP contribution in [0.3, 0.4) is 0 Å². The van der Waals surface area contributed by atoms with Crippen LogP contribution in [-0.2, 0) is 6.54 Å². The Balaban J connectivity index is 1.47. The van der Waals surface area contributed by atoms with Crippen molar-refractivity contribution in [3.8, 4) is 0 Å². The van der Waals surface area contributed by atoms with Crippen molar-refractivity contribution in [3.05, 3.63) is 36.9 Å². The van der Waals surface area contributed by atoms with Gasteiger partial charge < -0.3 is 15.1 Å². The number of nitrogens with zero attached hydrogens (tertiary/aromatic N) is 7. The molecule has 8 heteroatoms. The van der Waals surface area contributed by atoms with Gasteiger partial charge in [0.2, 0.25) is 5.95 Å². The van der Waals surface area contributed by atoms with E-state index in [9.17, 15) is 0 Å². The number of hydrogen-bond donors (Lipinski definition) is 1. The van der Waals surface area contributed by atoms with Gasteiger partial charge in [-0.2, -0.15) is 5.10 Å². The Hall–Kier alpha value is -2.64. The Morgan fingerprint density at radius 1 is 1.13 bits per heavy atom. The monoisotopic (exact) mass is 314 g/mol. The molecule has 0 radical (unpaired) electrons. The smallest absolute Gasteiger partial charge is 0.225 e. The first-order valence-corrected chi connectivity index (χ1v) is 7.82. The first-order chi connectivity index (χ1) is 11.4. The molecule has 0 bridgehead atoms. The molecule has 2 aromatic rings. The summed E-state index contributed by atoms with van der Waals surface area (Å²) in [6.07, 6.45) is 7.32. The molecule has 8 nitrogen and oxygen atoms in total. The number of guanidine groups is 1. The molecule has 1 aliphatic heterocycles. The Kier molecular flexibility index (Phi) is 5.02. The summed E-state index contributed by atoms with van der Waals surface area (Å²) in [6.45, 7) is 5.22. The Morgan fingerprint density at radius 2 is 1.91 bits per heavy atom. The molecular weight excluding hydrogens is 292 g/mol. The van der Waals surface area contributed by atoms with Crippen molar-refractivity contribution in [3.63, 3.8) is 0 Å². The average Bonchev–Trinajstić information content (AvgIpc) is 3.13. The first-order valence-electron chi connectivity index (χ1n) is 7.82. The zero-order chi connectivity index (χ0) is 15.9. The zero-order valence-corrected chi connectivity index (χ0v) is 13.3. The average molecular weight is 314 g/mol. The number of piperazine rings is 1. The molecule has 1 aliphatic rings. The highest BCUT2D eigenvalue weighted by Gasteiger charge is 2.20. The molecule has 0 amide bonds. The zero-order valence-electron chi connectivity index (χ0n) is 13.3. The summed E-state index contributed by atoms with van der Waals surface area (Å²) in [5.41, 5.74) is 0. The summed E-state index contributed by atoms with van der Waals surface area (Å²) < 4.78 is 1.91. The van der Waals surface area contributed by atoms with Crippen LogP contribution in [0.2, 0.25) is 0 Å². The van der Waals surface area contributed by atoms with Crippen LogP contribution in [-0.4, -0.2) is 70.4 Å². The predicted molar refractivity (Wildman–Crippen MR) is 89.4 cm³/mol. The van der Waals surface area contributed by atoms with Gasteiger partial charge in [-0.15, -0.1) is 0 Å². The maximum Gasteiger partial charge on any atom is 0.225 e. The van der Waals surface area contributed by atoms with E-state index in [0.717, 1.165) is 51.2 Å². The van der Waals surface area contributed by atoms with E-state index in [-0.39, 0.29) is 0 Å². The second kappa shape index (κ2) is 7.57. The third-order valence-corrected chi connectivity index (χ3v) is 3.81. The van der Waals surface area contributed by atoms with Crippen molar-refractivity contribution in [1.82, 2.24) is 30.0 Å². The quantitative estimate of drug-likeness (QED) is 0.636. The molecule has 0 aliphatic carbocycles. The second-order valence-corrected chi connectivity index (χ2v) is 5.27. The van der Waals surface area contributed by atoms with Gasteiger partial charge in [0.1, 0.15) is 0 Å². The maximum absolute atomic E-state index is 4.38. The summed E-state index contributed by atoms with van der Waals surface area (Å²) in [5.74, 6) is 1.74. The van der Waals surface area contributed by atoms with Crippen molar-refractivity contribution >= 4 is 11.9 Å². The van der Waals surface area contributed by atoms with Gasteiger partial charge in [0.15, 0.2) is 5.96 Å². The van der Waals surface area contributed by atoms with Crippen molar-refractivity contribution in [2.24, 2.45) is 4.99 Å². The number of anilines is 1. The largest absolute Gasteiger partial charge is 0.354 e. The molecule has 0 aromatic carbocycles. The SMILES string of the molecule is CN=C(NCCn1cccn1)N1CCN(c2ncccn2)CC1. The van der Waals surface area contributed by atoms with Crippen molar-refractivity contribution in [2.75, 3.05) is 44.7 Å². The summed E-state index contributed by atoms with van der Waals surface area (Å²) >= 11 is 0. The van der Waals surface area contributed by atoms with Gasteiger partial charge in [-0.1, -0.05) is 0 Å². The molecule has 2 aromatic heterocycles. The number of hydrogen-bond acceptors (Lipinski definition) is 5. The van der Waals surface area contributed by atoms with Gasteiger partial charge in [-0.05, 0) is 12.1 Å². The van der Waals surface area contributed by atoms with E-state index in [1.165, 1.54) is 0 Å². The minimum absolute atomic E-state index is 0.800. The predicted octanol–water partition coefficient (Wildman–Crippen LogP) is 0.0707. The summed E-state index contributed by atoms with van der Waals surface area (Å²) in [4.78, 5) is 17.5. The Bertz CT molecular complexity index is 602. The third-order valence-electron chi connectivity index (χ3n) is 3.81.